The van der Waals surface area contributed by atoms with E-state index in [0.717, 1.165) is 5.56 Å². The highest BCUT2D eigenvalue weighted by Crippen LogP contribution is 2.24. The molecule has 4 nitrogen and oxygen atoms in total. The van der Waals surface area contributed by atoms with Crippen molar-refractivity contribution in [2.24, 2.45) is 0 Å². The van der Waals surface area contributed by atoms with Crippen molar-refractivity contribution in [3.63, 3.8) is 0 Å². The van der Waals surface area contributed by atoms with Gasteiger partial charge in [-0.25, -0.2) is 4.79 Å². The second-order valence-electron chi connectivity index (χ2n) is 4.41. The Labute approximate surface area is 108 Å². The molecule has 0 bridgehead atoms. The first-order chi connectivity index (χ1) is 8.51. The zero-order valence-electron chi connectivity index (χ0n) is 11.1. The van der Waals surface area contributed by atoms with Crippen molar-refractivity contribution in [1.82, 2.24) is 0 Å². The van der Waals surface area contributed by atoms with Gasteiger partial charge in [0.05, 0.1) is 6.61 Å². The Morgan fingerprint density at radius 2 is 2.00 bits per heavy atom. The highest BCUT2D eigenvalue weighted by Gasteiger charge is 2.32. The smallest absolute Gasteiger partial charge is 0.349 e. The van der Waals surface area contributed by atoms with Gasteiger partial charge in [0.1, 0.15) is 5.75 Å². The van der Waals surface area contributed by atoms with Crippen LogP contribution in [0.4, 0.5) is 0 Å². The van der Waals surface area contributed by atoms with Gasteiger partial charge in [-0.15, -0.1) is 0 Å². The molecule has 0 spiro atoms. The fraction of sp³-hybridized carbons (Fsp3) is 0.500. The van der Waals surface area contributed by atoms with E-state index in [4.69, 9.17) is 14.6 Å². The summed E-state index contributed by atoms with van der Waals surface area (Å²) in [6, 6.07) is 7.35. The van der Waals surface area contributed by atoms with E-state index in [2.05, 4.69) is 0 Å². The summed E-state index contributed by atoms with van der Waals surface area (Å²) in [5.74, 6) is 0.202. The van der Waals surface area contributed by atoms with E-state index in [1.807, 2.05) is 18.2 Å². The normalized spacial score (nSPS) is 11.1. The number of aliphatic hydroxyl groups is 1. The Bertz CT molecular complexity index is 399. The van der Waals surface area contributed by atoms with Crippen LogP contribution in [-0.2, 0) is 16.0 Å². The zero-order chi connectivity index (χ0) is 13.6. The zero-order valence-corrected chi connectivity index (χ0v) is 11.1. The minimum Gasteiger partial charge on any atom is -0.476 e. The molecule has 0 aliphatic rings. The first-order valence-electron chi connectivity index (χ1n) is 6.06. The van der Waals surface area contributed by atoms with Gasteiger partial charge in [-0.2, -0.15) is 0 Å². The molecule has 1 aromatic rings. The number of aliphatic hydroxyl groups excluding tert-OH is 1. The van der Waals surface area contributed by atoms with Gasteiger partial charge in [-0.3, -0.25) is 0 Å². The van der Waals surface area contributed by atoms with Crippen LogP contribution in [-0.4, -0.2) is 29.9 Å². The van der Waals surface area contributed by atoms with Gasteiger partial charge >= 0.3 is 5.97 Å². The number of rotatable bonds is 6. The number of benzene rings is 1. The Kier molecular flexibility index (Phi) is 5.16. The van der Waals surface area contributed by atoms with Crippen molar-refractivity contribution in [3.05, 3.63) is 29.8 Å². The van der Waals surface area contributed by atoms with Gasteiger partial charge in [0.2, 0.25) is 0 Å². The second kappa shape index (κ2) is 6.40. The number of ether oxygens (including phenoxy) is 2. The highest BCUT2D eigenvalue weighted by molar-refractivity contribution is 5.79. The van der Waals surface area contributed by atoms with Crippen LogP contribution >= 0.6 is 0 Å². The Balaban J connectivity index is 2.86. The lowest BCUT2D eigenvalue weighted by molar-refractivity contribution is -0.158. The maximum absolute atomic E-state index is 11.7. The Morgan fingerprint density at radius 3 is 2.61 bits per heavy atom. The molecule has 1 aromatic carbocycles. The molecule has 1 rings (SSSR count). The fourth-order valence-electron chi connectivity index (χ4n) is 1.55. The van der Waals surface area contributed by atoms with Crippen LogP contribution < -0.4 is 4.74 Å². The van der Waals surface area contributed by atoms with Gasteiger partial charge in [0, 0.05) is 6.61 Å². The average molecular weight is 252 g/mol. The molecule has 0 aliphatic heterocycles. The topological polar surface area (TPSA) is 55.8 Å². The molecule has 1 N–H and O–H groups in total. The number of esters is 1. The van der Waals surface area contributed by atoms with Crippen LogP contribution in [0.1, 0.15) is 26.3 Å². The van der Waals surface area contributed by atoms with Crippen LogP contribution in [0.15, 0.2) is 24.3 Å². The molecule has 100 valence electrons. The third-order valence-corrected chi connectivity index (χ3v) is 2.49. The van der Waals surface area contributed by atoms with E-state index in [-0.39, 0.29) is 6.61 Å². The van der Waals surface area contributed by atoms with E-state index < -0.39 is 11.6 Å². The van der Waals surface area contributed by atoms with Crippen LogP contribution in [0, 0.1) is 0 Å². The minimum absolute atomic E-state index is 0.0419. The molecule has 18 heavy (non-hydrogen) atoms. The molecule has 0 aliphatic carbocycles. The van der Waals surface area contributed by atoms with Crippen molar-refractivity contribution in [1.29, 1.82) is 0 Å². The second-order valence-corrected chi connectivity index (χ2v) is 4.41. The number of hydrogen-bond donors (Lipinski definition) is 1. The van der Waals surface area contributed by atoms with E-state index in [1.165, 1.54) is 0 Å². The monoisotopic (exact) mass is 252 g/mol. The summed E-state index contributed by atoms with van der Waals surface area (Å²) < 4.78 is 10.7. The Morgan fingerprint density at radius 1 is 1.33 bits per heavy atom. The summed E-state index contributed by atoms with van der Waals surface area (Å²) in [4.78, 5) is 11.7. The van der Waals surface area contributed by atoms with Crippen LogP contribution in [0.3, 0.4) is 0 Å². The lowest BCUT2D eigenvalue weighted by Crippen LogP contribution is -2.40. The quantitative estimate of drug-likeness (QED) is 0.786. The van der Waals surface area contributed by atoms with Gasteiger partial charge in [-0.05, 0) is 38.8 Å². The summed E-state index contributed by atoms with van der Waals surface area (Å²) in [5.41, 5.74) is -0.168. The van der Waals surface area contributed by atoms with Crippen LogP contribution in [0.2, 0.25) is 0 Å². The maximum Gasteiger partial charge on any atom is 0.349 e. The average Bonchev–Trinajstić information content (AvgIpc) is 2.32. The summed E-state index contributed by atoms with van der Waals surface area (Å²) in [7, 11) is 0. The summed E-state index contributed by atoms with van der Waals surface area (Å²) in [5, 5.41) is 8.99. The number of hydrogen-bond acceptors (Lipinski definition) is 4. The number of para-hydroxylation sites is 1. The summed E-state index contributed by atoms with van der Waals surface area (Å²) >= 11 is 0. The van der Waals surface area contributed by atoms with Crippen molar-refractivity contribution >= 4 is 5.97 Å². The molecule has 0 saturated carbocycles. The van der Waals surface area contributed by atoms with Crippen LogP contribution in [0.25, 0.3) is 0 Å². The van der Waals surface area contributed by atoms with Gasteiger partial charge in [0.15, 0.2) is 5.60 Å². The fourth-order valence-corrected chi connectivity index (χ4v) is 1.55. The lowest BCUT2D eigenvalue weighted by Gasteiger charge is -2.25. The van der Waals surface area contributed by atoms with Crippen molar-refractivity contribution < 1.29 is 19.4 Å². The maximum atomic E-state index is 11.7. The minimum atomic E-state index is -1.04. The molecule has 0 radical (unpaired) electrons. The highest BCUT2D eigenvalue weighted by atomic mass is 16.6. The molecule has 0 saturated heterocycles. The number of carbonyl (C=O) groups is 1. The van der Waals surface area contributed by atoms with Crippen LogP contribution in [0.5, 0.6) is 5.75 Å². The van der Waals surface area contributed by atoms with Gasteiger partial charge in [0.25, 0.3) is 0 Å². The van der Waals surface area contributed by atoms with Crippen molar-refractivity contribution in [2.45, 2.75) is 32.8 Å². The SMILES string of the molecule is CCOC(=O)C(C)(C)Oc1ccccc1CCO. The van der Waals surface area contributed by atoms with E-state index in [9.17, 15) is 4.79 Å². The van der Waals surface area contributed by atoms with E-state index >= 15 is 0 Å². The summed E-state index contributed by atoms with van der Waals surface area (Å²) in [6.45, 7) is 5.46. The predicted octanol–water partition coefficient (Wildman–Crippen LogP) is 1.94. The molecular weight excluding hydrogens is 232 g/mol. The molecule has 0 aromatic heterocycles. The predicted molar refractivity (Wildman–Crippen MR) is 68.6 cm³/mol. The molecule has 0 amide bonds. The number of carbonyl (C=O) groups excluding carboxylic acids is 1. The van der Waals surface area contributed by atoms with E-state index in [1.54, 1.807) is 26.8 Å². The molecular formula is C14H20O4. The third kappa shape index (κ3) is 3.74. The standard InChI is InChI=1S/C14H20O4/c1-4-17-13(16)14(2,3)18-12-8-6-5-7-11(12)9-10-15/h5-8,15H,4,9-10H2,1-3H3. The molecule has 0 atom stereocenters. The Hall–Kier alpha value is -1.55. The van der Waals surface area contributed by atoms with Gasteiger partial charge in [-0.1, -0.05) is 18.2 Å². The molecule has 0 unspecified atom stereocenters. The van der Waals surface area contributed by atoms with Gasteiger partial charge < -0.3 is 14.6 Å². The molecule has 0 heterocycles. The lowest BCUT2D eigenvalue weighted by atomic mass is 10.1. The largest absolute Gasteiger partial charge is 0.476 e. The van der Waals surface area contributed by atoms with E-state index in [0.29, 0.717) is 18.8 Å². The summed E-state index contributed by atoms with van der Waals surface area (Å²) in [6.07, 6.45) is 0.495. The first kappa shape index (κ1) is 14.5. The molecule has 0 fully saturated rings. The first-order valence-corrected chi connectivity index (χ1v) is 6.06. The van der Waals surface area contributed by atoms with Crippen molar-refractivity contribution in [3.8, 4) is 5.75 Å². The third-order valence-electron chi connectivity index (χ3n) is 2.49. The molecule has 4 heteroatoms. The van der Waals surface area contributed by atoms with Crippen molar-refractivity contribution in [2.75, 3.05) is 13.2 Å².